The van der Waals surface area contributed by atoms with Crippen molar-refractivity contribution < 1.29 is 4.74 Å². The number of ether oxygens (including phenoxy) is 1. The van der Waals surface area contributed by atoms with Gasteiger partial charge in [-0.05, 0) is 61.4 Å². The van der Waals surface area contributed by atoms with Crippen molar-refractivity contribution in [3.05, 3.63) is 47.5 Å². The van der Waals surface area contributed by atoms with E-state index in [1.54, 1.807) is 0 Å². The maximum atomic E-state index is 5.75. The first kappa shape index (κ1) is 11.3. The molecule has 0 atom stereocenters. The molecule has 0 aliphatic heterocycles. The molecule has 0 aromatic heterocycles. The van der Waals surface area contributed by atoms with Crippen LogP contribution in [0, 0.1) is 13.8 Å². The first-order chi connectivity index (χ1) is 8.06. The SMILES string of the molecule is Cc1cc(Oc2ccc(N)c(C)c2)ccc1N. The summed E-state index contributed by atoms with van der Waals surface area (Å²) in [4.78, 5) is 0. The second-order valence-electron chi connectivity index (χ2n) is 4.14. The van der Waals surface area contributed by atoms with E-state index in [2.05, 4.69) is 0 Å². The number of hydrogen-bond acceptors (Lipinski definition) is 3. The molecular weight excluding hydrogens is 212 g/mol. The maximum Gasteiger partial charge on any atom is 0.127 e. The lowest BCUT2D eigenvalue weighted by Gasteiger charge is -2.09. The standard InChI is InChI=1S/C14H16N2O/c1-9-7-11(3-5-13(9)15)17-12-4-6-14(16)10(2)8-12/h3-8H,15-16H2,1-2H3. The number of aryl methyl sites for hydroxylation is 2. The topological polar surface area (TPSA) is 61.3 Å². The third-order valence-corrected chi connectivity index (χ3v) is 2.72. The quantitative estimate of drug-likeness (QED) is 0.775. The molecule has 0 fully saturated rings. The highest BCUT2D eigenvalue weighted by molar-refractivity contribution is 5.52. The average molecular weight is 228 g/mol. The fraction of sp³-hybridized carbons (Fsp3) is 0.143. The van der Waals surface area contributed by atoms with Gasteiger partial charge in [-0.2, -0.15) is 0 Å². The van der Waals surface area contributed by atoms with Crippen LogP contribution >= 0.6 is 0 Å². The molecule has 88 valence electrons. The Labute approximate surface area is 101 Å². The second kappa shape index (κ2) is 4.37. The Hall–Kier alpha value is -2.16. The zero-order valence-electron chi connectivity index (χ0n) is 10.0. The van der Waals surface area contributed by atoms with Gasteiger partial charge in [-0.25, -0.2) is 0 Å². The Morgan fingerprint density at radius 3 is 1.53 bits per heavy atom. The summed E-state index contributed by atoms with van der Waals surface area (Å²) in [5.41, 5.74) is 15.1. The molecule has 17 heavy (non-hydrogen) atoms. The van der Waals surface area contributed by atoms with Gasteiger partial charge < -0.3 is 16.2 Å². The Morgan fingerprint density at radius 1 is 0.765 bits per heavy atom. The maximum absolute atomic E-state index is 5.75. The zero-order valence-corrected chi connectivity index (χ0v) is 10.0. The summed E-state index contributed by atoms with van der Waals surface area (Å²) >= 11 is 0. The van der Waals surface area contributed by atoms with Crippen molar-refractivity contribution in [3.8, 4) is 11.5 Å². The molecule has 2 rings (SSSR count). The van der Waals surface area contributed by atoms with Gasteiger partial charge in [0.15, 0.2) is 0 Å². The van der Waals surface area contributed by atoms with Crippen molar-refractivity contribution in [1.82, 2.24) is 0 Å². The van der Waals surface area contributed by atoms with Gasteiger partial charge in [0.25, 0.3) is 0 Å². The van der Waals surface area contributed by atoms with E-state index in [1.165, 1.54) is 0 Å². The van der Waals surface area contributed by atoms with Crippen LogP contribution in [-0.4, -0.2) is 0 Å². The summed E-state index contributed by atoms with van der Waals surface area (Å²) in [7, 11) is 0. The lowest BCUT2D eigenvalue weighted by atomic mass is 10.2. The van der Waals surface area contributed by atoms with Gasteiger partial charge in [-0.15, -0.1) is 0 Å². The fourth-order valence-corrected chi connectivity index (χ4v) is 1.56. The highest BCUT2D eigenvalue weighted by Crippen LogP contribution is 2.26. The smallest absolute Gasteiger partial charge is 0.127 e. The van der Waals surface area contributed by atoms with Crippen LogP contribution in [0.4, 0.5) is 11.4 Å². The number of nitrogens with two attached hydrogens (primary N) is 2. The lowest BCUT2D eigenvalue weighted by Crippen LogP contribution is -1.92. The molecule has 0 heterocycles. The van der Waals surface area contributed by atoms with Gasteiger partial charge in [0.2, 0.25) is 0 Å². The van der Waals surface area contributed by atoms with Crippen molar-refractivity contribution >= 4 is 11.4 Å². The summed E-state index contributed by atoms with van der Waals surface area (Å²) in [6.45, 7) is 3.91. The van der Waals surface area contributed by atoms with Crippen LogP contribution in [0.2, 0.25) is 0 Å². The molecule has 0 spiro atoms. The van der Waals surface area contributed by atoms with Gasteiger partial charge >= 0.3 is 0 Å². The van der Waals surface area contributed by atoms with E-state index in [0.29, 0.717) is 0 Å². The van der Waals surface area contributed by atoms with Crippen LogP contribution < -0.4 is 16.2 Å². The van der Waals surface area contributed by atoms with E-state index in [4.69, 9.17) is 16.2 Å². The molecule has 0 radical (unpaired) electrons. The van der Waals surface area contributed by atoms with E-state index >= 15 is 0 Å². The number of nitrogen functional groups attached to an aromatic ring is 2. The van der Waals surface area contributed by atoms with Crippen molar-refractivity contribution in [2.75, 3.05) is 11.5 Å². The van der Waals surface area contributed by atoms with Crippen LogP contribution in [0.15, 0.2) is 36.4 Å². The Balaban J connectivity index is 2.25. The molecule has 2 aromatic rings. The van der Waals surface area contributed by atoms with E-state index < -0.39 is 0 Å². The summed E-state index contributed by atoms with van der Waals surface area (Å²) in [5.74, 6) is 1.56. The van der Waals surface area contributed by atoms with Crippen LogP contribution in [0.5, 0.6) is 11.5 Å². The van der Waals surface area contributed by atoms with Crippen LogP contribution in [0.25, 0.3) is 0 Å². The normalized spacial score (nSPS) is 10.2. The van der Waals surface area contributed by atoms with Crippen LogP contribution in [0.1, 0.15) is 11.1 Å². The minimum absolute atomic E-state index is 0.769. The number of benzene rings is 2. The van der Waals surface area contributed by atoms with Gasteiger partial charge in [-0.3, -0.25) is 0 Å². The third kappa shape index (κ3) is 2.50. The molecule has 0 aliphatic carbocycles. The Kier molecular flexibility index (Phi) is 2.91. The Bertz CT molecular complexity index is 500. The molecule has 0 unspecified atom stereocenters. The van der Waals surface area contributed by atoms with E-state index in [-0.39, 0.29) is 0 Å². The van der Waals surface area contributed by atoms with Gasteiger partial charge in [-0.1, -0.05) is 0 Å². The lowest BCUT2D eigenvalue weighted by molar-refractivity contribution is 0.482. The van der Waals surface area contributed by atoms with Gasteiger partial charge in [0.1, 0.15) is 11.5 Å². The molecule has 0 bridgehead atoms. The predicted molar refractivity (Wildman–Crippen MR) is 71.3 cm³/mol. The van der Waals surface area contributed by atoms with Crippen LogP contribution in [0.3, 0.4) is 0 Å². The highest BCUT2D eigenvalue weighted by atomic mass is 16.5. The van der Waals surface area contributed by atoms with Gasteiger partial charge in [0.05, 0.1) is 0 Å². The summed E-state index contributed by atoms with van der Waals surface area (Å²) in [6, 6.07) is 11.2. The molecule has 0 aliphatic rings. The first-order valence-corrected chi connectivity index (χ1v) is 5.46. The predicted octanol–water partition coefficient (Wildman–Crippen LogP) is 3.26. The third-order valence-electron chi connectivity index (χ3n) is 2.72. The van der Waals surface area contributed by atoms with E-state index in [1.807, 2.05) is 50.2 Å². The number of hydrogen-bond donors (Lipinski definition) is 2. The Morgan fingerprint density at radius 2 is 1.18 bits per heavy atom. The van der Waals surface area contributed by atoms with Crippen molar-refractivity contribution in [2.24, 2.45) is 0 Å². The molecular formula is C14H16N2O. The zero-order chi connectivity index (χ0) is 12.4. The van der Waals surface area contributed by atoms with E-state index in [9.17, 15) is 0 Å². The minimum atomic E-state index is 0.769. The van der Waals surface area contributed by atoms with Gasteiger partial charge in [0, 0.05) is 11.4 Å². The highest BCUT2D eigenvalue weighted by Gasteiger charge is 2.01. The molecule has 2 aromatic carbocycles. The van der Waals surface area contributed by atoms with Crippen molar-refractivity contribution in [2.45, 2.75) is 13.8 Å². The molecule has 3 heteroatoms. The largest absolute Gasteiger partial charge is 0.457 e. The summed E-state index contributed by atoms with van der Waals surface area (Å²) in [6.07, 6.45) is 0. The molecule has 4 N–H and O–H groups in total. The molecule has 3 nitrogen and oxygen atoms in total. The summed E-state index contributed by atoms with van der Waals surface area (Å²) < 4.78 is 5.74. The van der Waals surface area contributed by atoms with Crippen molar-refractivity contribution in [1.29, 1.82) is 0 Å². The van der Waals surface area contributed by atoms with Crippen LogP contribution in [-0.2, 0) is 0 Å². The fourth-order valence-electron chi connectivity index (χ4n) is 1.56. The number of anilines is 2. The summed E-state index contributed by atoms with van der Waals surface area (Å²) in [5, 5.41) is 0. The second-order valence-corrected chi connectivity index (χ2v) is 4.14. The van der Waals surface area contributed by atoms with Crippen molar-refractivity contribution in [3.63, 3.8) is 0 Å². The average Bonchev–Trinajstić information content (AvgIpc) is 2.29. The van der Waals surface area contributed by atoms with E-state index in [0.717, 1.165) is 34.0 Å². The monoisotopic (exact) mass is 228 g/mol. The molecule has 0 saturated carbocycles. The number of rotatable bonds is 2. The molecule has 0 saturated heterocycles. The first-order valence-electron chi connectivity index (χ1n) is 5.46. The minimum Gasteiger partial charge on any atom is -0.457 e. The molecule has 0 amide bonds.